The number of hydrogen-bond acceptors (Lipinski definition) is 4. The lowest BCUT2D eigenvalue weighted by atomic mass is 10.2. The quantitative estimate of drug-likeness (QED) is 0.669. The van der Waals surface area contributed by atoms with Crippen molar-refractivity contribution >= 4 is 23.4 Å². The molecule has 1 aromatic carbocycles. The first-order valence-corrected chi connectivity index (χ1v) is 7.15. The summed E-state index contributed by atoms with van der Waals surface area (Å²) in [4.78, 5) is 13.1. The van der Waals surface area contributed by atoms with E-state index in [0.29, 0.717) is 17.9 Å². The second kappa shape index (κ2) is 6.83. The zero-order valence-electron chi connectivity index (χ0n) is 11.1. The standard InChI is InChI=1S/C15H14N2O2S/c1-11-7-9-19-14(11)15(18)17-12-5-2-3-6-13(12)20-10-4-8-16/h2-3,5-7,9H,4,10H2,1H3,(H,17,18). The van der Waals surface area contributed by atoms with Crippen molar-refractivity contribution in [3.63, 3.8) is 0 Å². The third-order valence-electron chi connectivity index (χ3n) is 2.68. The van der Waals surface area contributed by atoms with Crippen molar-refractivity contribution < 1.29 is 9.21 Å². The normalized spacial score (nSPS) is 10.0. The van der Waals surface area contributed by atoms with Gasteiger partial charge in [0.25, 0.3) is 5.91 Å². The Morgan fingerprint density at radius 3 is 2.90 bits per heavy atom. The number of amides is 1. The van der Waals surface area contributed by atoms with Crippen LogP contribution in [0.2, 0.25) is 0 Å². The summed E-state index contributed by atoms with van der Waals surface area (Å²) < 4.78 is 5.17. The van der Waals surface area contributed by atoms with E-state index in [1.165, 1.54) is 6.26 Å². The predicted octanol–water partition coefficient (Wildman–Crippen LogP) is 3.85. The molecule has 0 radical (unpaired) electrons. The van der Waals surface area contributed by atoms with Gasteiger partial charge in [0.15, 0.2) is 5.76 Å². The molecule has 1 heterocycles. The number of rotatable bonds is 5. The van der Waals surface area contributed by atoms with Crippen LogP contribution in [0.15, 0.2) is 45.9 Å². The molecule has 0 aliphatic heterocycles. The van der Waals surface area contributed by atoms with Gasteiger partial charge in [0.05, 0.1) is 18.0 Å². The minimum atomic E-state index is -0.263. The van der Waals surface area contributed by atoms with Gasteiger partial charge in [0.2, 0.25) is 0 Å². The Balaban J connectivity index is 2.11. The molecule has 0 spiro atoms. The van der Waals surface area contributed by atoms with Gasteiger partial charge in [-0.15, -0.1) is 11.8 Å². The first-order valence-electron chi connectivity index (χ1n) is 6.16. The Kier molecular flexibility index (Phi) is 4.85. The zero-order chi connectivity index (χ0) is 14.4. The highest BCUT2D eigenvalue weighted by Gasteiger charge is 2.14. The third-order valence-corrected chi connectivity index (χ3v) is 3.75. The summed E-state index contributed by atoms with van der Waals surface area (Å²) >= 11 is 1.55. The van der Waals surface area contributed by atoms with Crippen molar-refractivity contribution in [3.05, 3.63) is 47.9 Å². The third kappa shape index (κ3) is 3.43. The number of nitrogens with one attached hydrogen (secondary N) is 1. The topological polar surface area (TPSA) is 66.0 Å². The fraction of sp³-hybridized carbons (Fsp3) is 0.200. The van der Waals surface area contributed by atoms with Gasteiger partial charge in [0.1, 0.15) is 0 Å². The van der Waals surface area contributed by atoms with E-state index >= 15 is 0 Å². The summed E-state index contributed by atoms with van der Waals surface area (Å²) in [5.74, 6) is 0.756. The van der Waals surface area contributed by atoms with Crippen LogP contribution >= 0.6 is 11.8 Å². The summed E-state index contributed by atoms with van der Waals surface area (Å²) in [6.07, 6.45) is 1.97. The molecule has 20 heavy (non-hydrogen) atoms. The van der Waals surface area contributed by atoms with Crippen LogP contribution in [0.4, 0.5) is 5.69 Å². The van der Waals surface area contributed by atoms with Gasteiger partial charge in [-0.05, 0) is 25.1 Å². The maximum atomic E-state index is 12.1. The van der Waals surface area contributed by atoms with Crippen molar-refractivity contribution in [2.24, 2.45) is 0 Å². The molecular formula is C15H14N2O2S. The molecule has 0 fully saturated rings. The molecule has 102 valence electrons. The van der Waals surface area contributed by atoms with Crippen molar-refractivity contribution in [3.8, 4) is 6.07 Å². The van der Waals surface area contributed by atoms with Crippen LogP contribution in [0.1, 0.15) is 22.5 Å². The molecule has 0 atom stereocenters. The van der Waals surface area contributed by atoms with Crippen LogP contribution in [0, 0.1) is 18.3 Å². The van der Waals surface area contributed by atoms with E-state index in [9.17, 15) is 4.79 Å². The molecule has 0 saturated carbocycles. The number of thioether (sulfide) groups is 1. The van der Waals surface area contributed by atoms with E-state index < -0.39 is 0 Å². The molecule has 5 heteroatoms. The van der Waals surface area contributed by atoms with E-state index in [-0.39, 0.29) is 5.91 Å². The number of carbonyl (C=O) groups is 1. The number of aryl methyl sites for hydroxylation is 1. The van der Waals surface area contributed by atoms with E-state index in [1.54, 1.807) is 17.8 Å². The van der Waals surface area contributed by atoms with Crippen molar-refractivity contribution in [1.82, 2.24) is 0 Å². The van der Waals surface area contributed by atoms with Gasteiger partial charge < -0.3 is 9.73 Å². The Morgan fingerprint density at radius 2 is 2.20 bits per heavy atom. The molecule has 2 aromatic rings. The lowest BCUT2D eigenvalue weighted by Gasteiger charge is -2.09. The molecular weight excluding hydrogens is 272 g/mol. The van der Waals surface area contributed by atoms with Gasteiger partial charge in [0, 0.05) is 22.6 Å². The molecule has 2 rings (SSSR count). The number of furan rings is 1. The van der Waals surface area contributed by atoms with Gasteiger partial charge in [-0.1, -0.05) is 12.1 Å². The Morgan fingerprint density at radius 1 is 1.40 bits per heavy atom. The molecule has 1 amide bonds. The molecule has 4 nitrogen and oxygen atoms in total. The maximum Gasteiger partial charge on any atom is 0.291 e. The van der Waals surface area contributed by atoms with E-state index in [2.05, 4.69) is 11.4 Å². The van der Waals surface area contributed by atoms with Crippen molar-refractivity contribution in [2.45, 2.75) is 18.2 Å². The Bertz CT molecular complexity index is 643. The summed E-state index contributed by atoms with van der Waals surface area (Å²) in [5, 5.41) is 11.4. The predicted molar refractivity (Wildman–Crippen MR) is 78.8 cm³/mol. The SMILES string of the molecule is Cc1ccoc1C(=O)Nc1ccccc1SCCC#N. The molecule has 1 N–H and O–H groups in total. The number of nitriles is 1. The highest BCUT2D eigenvalue weighted by Crippen LogP contribution is 2.28. The van der Waals surface area contributed by atoms with E-state index in [0.717, 1.165) is 16.1 Å². The second-order valence-corrected chi connectivity index (χ2v) is 5.28. The van der Waals surface area contributed by atoms with Crippen LogP contribution < -0.4 is 5.32 Å². The minimum Gasteiger partial charge on any atom is -0.459 e. The number of carbonyl (C=O) groups excluding carboxylic acids is 1. The van der Waals surface area contributed by atoms with E-state index in [1.807, 2.05) is 31.2 Å². The summed E-state index contributed by atoms with van der Waals surface area (Å²) in [6.45, 7) is 1.83. The minimum absolute atomic E-state index is 0.263. The van der Waals surface area contributed by atoms with Crippen molar-refractivity contribution in [1.29, 1.82) is 5.26 Å². The first-order chi connectivity index (χ1) is 9.72. The maximum absolute atomic E-state index is 12.1. The van der Waals surface area contributed by atoms with Gasteiger partial charge in [-0.25, -0.2) is 0 Å². The molecule has 0 aliphatic rings. The molecule has 0 saturated heterocycles. The highest BCUT2D eigenvalue weighted by atomic mass is 32.2. The van der Waals surface area contributed by atoms with Crippen LogP contribution in [-0.2, 0) is 0 Å². The molecule has 0 bridgehead atoms. The summed E-state index contributed by atoms with van der Waals surface area (Å²) in [7, 11) is 0. The van der Waals surface area contributed by atoms with Gasteiger partial charge in [-0.3, -0.25) is 4.79 Å². The fourth-order valence-corrected chi connectivity index (χ4v) is 2.55. The van der Waals surface area contributed by atoms with Crippen molar-refractivity contribution in [2.75, 3.05) is 11.1 Å². The van der Waals surface area contributed by atoms with Gasteiger partial charge in [-0.2, -0.15) is 5.26 Å². The average molecular weight is 286 g/mol. The lowest BCUT2D eigenvalue weighted by Crippen LogP contribution is -2.12. The average Bonchev–Trinajstić information content (AvgIpc) is 2.87. The molecule has 1 aromatic heterocycles. The first kappa shape index (κ1) is 14.2. The largest absolute Gasteiger partial charge is 0.459 e. The van der Waals surface area contributed by atoms with E-state index in [4.69, 9.17) is 9.68 Å². The number of benzene rings is 1. The van der Waals surface area contributed by atoms with Crippen LogP contribution in [0.5, 0.6) is 0 Å². The number of anilines is 1. The summed E-state index contributed by atoms with van der Waals surface area (Å²) in [6, 6.07) is 11.4. The van der Waals surface area contributed by atoms with Crippen LogP contribution in [-0.4, -0.2) is 11.7 Å². The highest BCUT2D eigenvalue weighted by molar-refractivity contribution is 7.99. The molecule has 0 unspecified atom stereocenters. The number of hydrogen-bond donors (Lipinski definition) is 1. The smallest absolute Gasteiger partial charge is 0.291 e. The van der Waals surface area contributed by atoms with Gasteiger partial charge >= 0.3 is 0 Å². The van der Waals surface area contributed by atoms with Crippen LogP contribution in [0.3, 0.4) is 0 Å². The fourth-order valence-electron chi connectivity index (χ4n) is 1.69. The zero-order valence-corrected chi connectivity index (χ0v) is 11.9. The summed E-state index contributed by atoms with van der Waals surface area (Å²) in [5.41, 5.74) is 1.54. The lowest BCUT2D eigenvalue weighted by molar-refractivity contribution is 0.0995. The second-order valence-electron chi connectivity index (χ2n) is 4.14. The molecule has 0 aliphatic carbocycles. The Labute approximate surface area is 121 Å². The monoisotopic (exact) mass is 286 g/mol. The van der Waals surface area contributed by atoms with Crippen LogP contribution in [0.25, 0.3) is 0 Å². The Hall–Kier alpha value is -2.19. The number of nitrogens with zero attached hydrogens (tertiary/aromatic N) is 1. The number of para-hydroxylation sites is 1.